The molecule has 1 aromatic heterocycles. The van der Waals surface area contributed by atoms with E-state index in [1.807, 2.05) is 0 Å². The number of nitrogens with zero attached hydrogens (tertiary/aromatic N) is 2. The van der Waals surface area contributed by atoms with Gasteiger partial charge in [0, 0.05) is 25.2 Å². The van der Waals surface area contributed by atoms with Gasteiger partial charge >= 0.3 is 12.3 Å². The molecule has 7 heteroatoms. The van der Waals surface area contributed by atoms with Gasteiger partial charge in [-0.05, 0) is 0 Å². The minimum Gasteiger partial charge on any atom is -0.328 e. The number of rotatable bonds is 3. The summed E-state index contributed by atoms with van der Waals surface area (Å²) in [7, 11) is 0. The fraction of sp³-hybridized carbons (Fsp3) is 0.667. The predicted molar refractivity (Wildman–Crippen MR) is 48.6 cm³/mol. The molecule has 0 bridgehead atoms. The molecule has 0 atom stereocenters. The highest BCUT2D eigenvalue weighted by molar-refractivity contribution is 5.16. The lowest BCUT2D eigenvalue weighted by Crippen LogP contribution is -2.33. The van der Waals surface area contributed by atoms with Crippen molar-refractivity contribution in [2.24, 2.45) is 0 Å². The first-order valence-electron chi connectivity index (χ1n) is 4.90. The van der Waals surface area contributed by atoms with E-state index < -0.39 is 18.9 Å². The Bertz CT molecular complexity index is 375. The Balaban J connectivity index is 2.19. The molecule has 0 aromatic carbocycles. The summed E-state index contributed by atoms with van der Waals surface area (Å²) < 4.78 is 50.9. The SMILES string of the molecule is FC(F)C(F)(F)Cn1cnc2c1CCNC2. The summed E-state index contributed by atoms with van der Waals surface area (Å²) in [6, 6.07) is 0. The zero-order chi connectivity index (χ0) is 11.8. The molecule has 3 nitrogen and oxygen atoms in total. The molecular weight excluding hydrogens is 226 g/mol. The zero-order valence-corrected chi connectivity index (χ0v) is 8.39. The highest BCUT2D eigenvalue weighted by Crippen LogP contribution is 2.26. The summed E-state index contributed by atoms with van der Waals surface area (Å²) in [5.41, 5.74) is 1.29. The van der Waals surface area contributed by atoms with Crippen LogP contribution in [0.25, 0.3) is 0 Å². The van der Waals surface area contributed by atoms with E-state index in [0.29, 0.717) is 30.9 Å². The molecule has 0 unspecified atom stereocenters. The third-order valence-electron chi connectivity index (χ3n) is 2.56. The van der Waals surface area contributed by atoms with Crippen LogP contribution in [0, 0.1) is 0 Å². The normalized spacial score (nSPS) is 16.6. The number of hydrogen-bond acceptors (Lipinski definition) is 2. The van der Waals surface area contributed by atoms with Gasteiger partial charge in [0.15, 0.2) is 0 Å². The molecule has 1 aliphatic heterocycles. The third kappa shape index (κ3) is 2.04. The van der Waals surface area contributed by atoms with Crippen molar-refractivity contribution >= 4 is 0 Å². The van der Waals surface area contributed by atoms with Crippen molar-refractivity contribution in [2.75, 3.05) is 6.54 Å². The fourth-order valence-corrected chi connectivity index (χ4v) is 1.73. The van der Waals surface area contributed by atoms with Gasteiger partial charge in [-0.2, -0.15) is 8.78 Å². The van der Waals surface area contributed by atoms with Crippen molar-refractivity contribution in [2.45, 2.75) is 31.9 Å². The van der Waals surface area contributed by atoms with E-state index in [0.717, 1.165) is 4.57 Å². The summed E-state index contributed by atoms with van der Waals surface area (Å²) in [6.45, 7) is 0.147. The van der Waals surface area contributed by atoms with E-state index in [2.05, 4.69) is 10.3 Å². The smallest absolute Gasteiger partial charge is 0.324 e. The molecule has 2 rings (SSSR count). The van der Waals surface area contributed by atoms with Crippen LogP contribution in [0.1, 0.15) is 11.4 Å². The van der Waals surface area contributed by atoms with Gasteiger partial charge in [-0.3, -0.25) is 0 Å². The second kappa shape index (κ2) is 4.04. The first kappa shape index (κ1) is 11.4. The number of halogens is 4. The van der Waals surface area contributed by atoms with Gasteiger partial charge in [0.25, 0.3) is 0 Å². The molecule has 0 aliphatic carbocycles. The summed E-state index contributed by atoms with van der Waals surface area (Å²) in [6.07, 6.45) is -1.91. The van der Waals surface area contributed by atoms with Crippen molar-refractivity contribution in [1.29, 1.82) is 0 Å². The van der Waals surface area contributed by atoms with Crippen LogP contribution in [-0.4, -0.2) is 28.4 Å². The van der Waals surface area contributed by atoms with Crippen LogP contribution in [-0.2, 0) is 19.5 Å². The van der Waals surface area contributed by atoms with Gasteiger partial charge in [-0.1, -0.05) is 0 Å². The standard InChI is InChI=1S/C9H11F4N3/c10-8(11)9(12,13)4-16-5-15-6-3-14-2-1-7(6)16/h5,8,14H,1-4H2. The Labute approximate surface area is 89.5 Å². The van der Waals surface area contributed by atoms with Crippen LogP contribution in [0.2, 0.25) is 0 Å². The number of nitrogens with one attached hydrogen (secondary N) is 1. The molecule has 0 saturated carbocycles. The molecule has 1 aliphatic rings. The molecule has 0 fully saturated rings. The Hall–Kier alpha value is -1.11. The molecule has 0 spiro atoms. The molecule has 16 heavy (non-hydrogen) atoms. The fourth-order valence-electron chi connectivity index (χ4n) is 1.73. The highest BCUT2D eigenvalue weighted by Gasteiger charge is 2.41. The molecular formula is C9H11F4N3. The molecule has 90 valence electrons. The van der Waals surface area contributed by atoms with Crippen LogP contribution in [0.3, 0.4) is 0 Å². The van der Waals surface area contributed by atoms with Gasteiger partial charge in [-0.15, -0.1) is 0 Å². The molecule has 0 amide bonds. The maximum atomic E-state index is 12.9. The zero-order valence-electron chi connectivity index (χ0n) is 8.39. The first-order chi connectivity index (χ1) is 7.50. The van der Waals surface area contributed by atoms with E-state index in [9.17, 15) is 17.6 Å². The monoisotopic (exact) mass is 237 g/mol. The lowest BCUT2D eigenvalue weighted by molar-refractivity contribution is -0.138. The van der Waals surface area contributed by atoms with Crippen LogP contribution >= 0.6 is 0 Å². The van der Waals surface area contributed by atoms with Crippen LogP contribution in [0.15, 0.2) is 6.33 Å². The van der Waals surface area contributed by atoms with E-state index in [4.69, 9.17) is 0 Å². The summed E-state index contributed by atoms with van der Waals surface area (Å²) in [5, 5.41) is 3.03. The van der Waals surface area contributed by atoms with Gasteiger partial charge in [-0.25, -0.2) is 13.8 Å². The van der Waals surface area contributed by atoms with Crippen LogP contribution in [0.5, 0.6) is 0 Å². The van der Waals surface area contributed by atoms with Gasteiger partial charge in [0.2, 0.25) is 0 Å². The Morgan fingerprint density at radius 1 is 1.50 bits per heavy atom. The summed E-state index contributed by atoms with van der Waals surface area (Å²) in [5.74, 6) is -4.00. The predicted octanol–water partition coefficient (Wildman–Crippen LogP) is 1.43. The average Bonchev–Trinajstić information content (AvgIpc) is 2.61. The van der Waals surface area contributed by atoms with E-state index in [-0.39, 0.29) is 0 Å². The van der Waals surface area contributed by atoms with Crippen LogP contribution in [0.4, 0.5) is 17.6 Å². The molecule has 1 aromatic rings. The Morgan fingerprint density at radius 3 is 2.94 bits per heavy atom. The van der Waals surface area contributed by atoms with Crippen molar-refractivity contribution in [3.05, 3.63) is 17.7 Å². The van der Waals surface area contributed by atoms with Crippen molar-refractivity contribution in [3.8, 4) is 0 Å². The summed E-state index contributed by atoms with van der Waals surface area (Å²) >= 11 is 0. The van der Waals surface area contributed by atoms with E-state index in [1.165, 1.54) is 6.33 Å². The van der Waals surface area contributed by atoms with Crippen molar-refractivity contribution in [3.63, 3.8) is 0 Å². The Morgan fingerprint density at radius 2 is 2.25 bits per heavy atom. The van der Waals surface area contributed by atoms with Gasteiger partial charge in [0.05, 0.1) is 18.6 Å². The molecule has 1 N–H and O–H groups in total. The van der Waals surface area contributed by atoms with E-state index >= 15 is 0 Å². The largest absolute Gasteiger partial charge is 0.328 e. The molecule has 2 heterocycles. The van der Waals surface area contributed by atoms with E-state index in [1.54, 1.807) is 0 Å². The van der Waals surface area contributed by atoms with Gasteiger partial charge < -0.3 is 9.88 Å². The van der Waals surface area contributed by atoms with Crippen molar-refractivity contribution < 1.29 is 17.6 Å². The number of aromatic nitrogens is 2. The lowest BCUT2D eigenvalue weighted by atomic mass is 10.2. The Kier molecular flexibility index (Phi) is 2.88. The molecule has 0 radical (unpaired) electrons. The number of hydrogen-bond donors (Lipinski definition) is 1. The average molecular weight is 237 g/mol. The maximum Gasteiger partial charge on any atom is 0.324 e. The first-order valence-corrected chi connectivity index (χ1v) is 4.90. The lowest BCUT2D eigenvalue weighted by Gasteiger charge is -2.19. The quantitative estimate of drug-likeness (QED) is 0.806. The molecule has 0 saturated heterocycles. The number of fused-ring (bicyclic) bond motifs is 1. The van der Waals surface area contributed by atoms with Crippen LogP contribution < -0.4 is 5.32 Å². The third-order valence-corrected chi connectivity index (χ3v) is 2.56. The minimum atomic E-state index is -4.00. The summed E-state index contributed by atoms with van der Waals surface area (Å²) in [4.78, 5) is 3.92. The highest BCUT2D eigenvalue weighted by atomic mass is 19.3. The number of imidazole rings is 1. The van der Waals surface area contributed by atoms with Gasteiger partial charge in [0.1, 0.15) is 0 Å². The maximum absolute atomic E-state index is 12.9. The minimum absolute atomic E-state index is 0.503. The second-order valence-corrected chi connectivity index (χ2v) is 3.75. The second-order valence-electron chi connectivity index (χ2n) is 3.75. The van der Waals surface area contributed by atoms with Crippen molar-refractivity contribution in [1.82, 2.24) is 14.9 Å². The number of alkyl halides is 4. The topological polar surface area (TPSA) is 29.9 Å².